The van der Waals surface area contributed by atoms with Crippen LogP contribution >= 0.6 is 38.6 Å². The number of hydrogen-bond acceptors (Lipinski definition) is 11. The first kappa shape index (κ1) is 42.8. The van der Waals surface area contributed by atoms with Crippen molar-refractivity contribution in [2.75, 3.05) is 69.3 Å². The van der Waals surface area contributed by atoms with E-state index in [1.807, 2.05) is 41.8 Å². The van der Waals surface area contributed by atoms with E-state index < -0.39 is 31.7 Å². The molecule has 2 saturated heterocycles. The van der Waals surface area contributed by atoms with Gasteiger partial charge in [-0.15, -0.1) is 22.7 Å². The molecule has 2 aromatic heterocycles. The summed E-state index contributed by atoms with van der Waals surface area (Å²) in [6, 6.07) is 26.0. The molecule has 0 saturated carbocycles. The zero-order chi connectivity index (χ0) is 41.6. The molecular weight excluding hydrogens is 903 g/mol. The minimum atomic E-state index is -3.62. The van der Waals surface area contributed by atoms with Gasteiger partial charge in [0.05, 0.1) is 28.3 Å². The van der Waals surface area contributed by atoms with Crippen LogP contribution in [0.25, 0.3) is 0 Å². The second-order valence-electron chi connectivity index (χ2n) is 13.8. The number of nitrogens with zero attached hydrogens (tertiary/aromatic N) is 6. The summed E-state index contributed by atoms with van der Waals surface area (Å²) in [5.41, 5.74) is 4.29. The smallest absolute Gasteiger partial charge is 0.243 e. The fourth-order valence-corrected chi connectivity index (χ4v) is 11.7. The highest BCUT2D eigenvalue weighted by atomic mass is 79.9. The predicted octanol–water partition coefficient (Wildman–Crippen LogP) is 7.54. The third-order valence-electron chi connectivity index (χ3n) is 9.79. The average molecular weight is 944 g/mol. The van der Waals surface area contributed by atoms with Crippen LogP contribution in [0.2, 0.25) is 0 Å². The van der Waals surface area contributed by atoms with Gasteiger partial charge < -0.3 is 14.5 Å². The van der Waals surface area contributed by atoms with E-state index in [9.17, 15) is 25.6 Å². The quantitative estimate of drug-likeness (QED) is 0.130. The maximum atomic E-state index is 13.1. The van der Waals surface area contributed by atoms with Gasteiger partial charge in [-0.1, -0.05) is 40.2 Å². The first-order chi connectivity index (χ1) is 28.4. The molecule has 4 heterocycles. The Bertz CT molecular complexity index is 2560. The Balaban J connectivity index is 0.000000179. The Hall–Kier alpha value is -4.30. The molecule has 0 bridgehead atoms. The molecule has 2 fully saturated rings. The fraction of sp³-hybridized carbons (Fsp3) is 0.268. The Labute approximate surface area is 359 Å². The number of piperazine rings is 2. The maximum absolute atomic E-state index is 13.1. The summed E-state index contributed by atoms with van der Waals surface area (Å²) < 4.78 is 86.4. The van der Waals surface area contributed by atoms with Crippen LogP contribution in [-0.4, -0.2) is 94.9 Å². The zero-order valence-corrected chi connectivity index (χ0v) is 36.8. The first-order valence-electron chi connectivity index (χ1n) is 18.6. The van der Waals surface area contributed by atoms with Gasteiger partial charge in [0, 0.05) is 80.4 Å². The van der Waals surface area contributed by atoms with E-state index >= 15 is 0 Å². The van der Waals surface area contributed by atoms with Crippen LogP contribution in [0.4, 0.5) is 19.0 Å². The van der Waals surface area contributed by atoms with E-state index in [0.717, 1.165) is 43.9 Å². The minimum Gasteiger partial charge on any atom is -0.497 e. The second kappa shape index (κ2) is 19.0. The first-order valence-corrected chi connectivity index (χ1v) is 24.1. The molecule has 6 aromatic rings. The second-order valence-corrected chi connectivity index (χ2v) is 20.2. The van der Waals surface area contributed by atoms with Gasteiger partial charge >= 0.3 is 0 Å². The van der Waals surface area contributed by atoms with Crippen molar-refractivity contribution in [3.05, 3.63) is 146 Å². The summed E-state index contributed by atoms with van der Waals surface area (Å²) in [4.78, 5) is 13.9. The van der Waals surface area contributed by atoms with Gasteiger partial charge in [0.15, 0.2) is 10.3 Å². The highest BCUT2D eigenvalue weighted by molar-refractivity contribution is 9.10. The molecule has 59 heavy (non-hydrogen) atoms. The number of sulfonamides is 2. The minimum absolute atomic E-state index is 0.118. The molecule has 0 radical (unpaired) electrons. The summed E-state index contributed by atoms with van der Waals surface area (Å²) >= 11 is 6.63. The van der Waals surface area contributed by atoms with Crippen LogP contribution in [0.1, 0.15) is 22.5 Å². The molecule has 310 valence electrons. The van der Waals surface area contributed by atoms with E-state index in [-0.39, 0.29) is 9.79 Å². The molecule has 11 nitrogen and oxygen atoms in total. The molecular formula is C41H41BrF2N6O5S4. The van der Waals surface area contributed by atoms with Crippen LogP contribution in [0.5, 0.6) is 5.75 Å². The Morgan fingerprint density at radius 1 is 0.610 bits per heavy atom. The number of thiazole rings is 2. The van der Waals surface area contributed by atoms with Crippen molar-refractivity contribution in [3.8, 4) is 5.75 Å². The number of anilines is 2. The molecule has 0 amide bonds. The molecule has 2 aliphatic heterocycles. The van der Waals surface area contributed by atoms with Crippen molar-refractivity contribution in [3.63, 3.8) is 0 Å². The van der Waals surface area contributed by atoms with Crippen LogP contribution in [0.3, 0.4) is 0 Å². The Morgan fingerprint density at radius 3 is 1.46 bits per heavy atom. The number of methoxy groups -OCH3 is 1. The summed E-state index contributed by atoms with van der Waals surface area (Å²) in [5.74, 6) is -0.0788. The van der Waals surface area contributed by atoms with Gasteiger partial charge in [0.1, 0.15) is 17.4 Å². The van der Waals surface area contributed by atoms with Crippen molar-refractivity contribution < 1.29 is 30.4 Å². The van der Waals surface area contributed by atoms with Gasteiger partial charge in [-0.2, -0.15) is 8.61 Å². The normalized spacial score (nSPS) is 15.5. The Kier molecular flexibility index (Phi) is 13.8. The monoisotopic (exact) mass is 942 g/mol. The number of aromatic nitrogens is 2. The lowest BCUT2D eigenvalue weighted by Gasteiger charge is -2.33. The summed E-state index contributed by atoms with van der Waals surface area (Å²) in [7, 11) is -5.57. The largest absolute Gasteiger partial charge is 0.497 e. The number of rotatable bonds is 11. The van der Waals surface area contributed by atoms with Gasteiger partial charge in [0.2, 0.25) is 20.0 Å². The third kappa shape index (κ3) is 10.7. The fourth-order valence-electron chi connectivity index (χ4n) is 6.64. The lowest BCUT2D eigenvalue weighted by Crippen LogP contribution is -2.48. The molecule has 8 rings (SSSR count). The SMILES string of the molecule is COc1cccc(Cc2csc(N3CCN(S(=O)(=O)c4ccc(F)cc4)CC3)n2)c1.O=S(=O)(c1ccc(F)cc1)N1CCN(c2nc(Cc3cccc(Br)c3)cs2)CC1. The topological polar surface area (TPSA) is 116 Å². The van der Waals surface area contributed by atoms with Crippen molar-refractivity contribution in [1.29, 1.82) is 0 Å². The van der Waals surface area contributed by atoms with Crippen molar-refractivity contribution in [1.82, 2.24) is 18.6 Å². The average Bonchev–Trinajstić information content (AvgIpc) is 3.92. The molecule has 0 spiro atoms. The van der Waals surface area contributed by atoms with Gasteiger partial charge in [0.25, 0.3) is 0 Å². The van der Waals surface area contributed by atoms with Gasteiger partial charge in [-0.3, -0.25) is 0 Å². The van der Waals surface area contributed by atoms with Crippen molar-refractivity contribution in [2.45, 2.75) is 22.6 Å². The molecule has 2 aliphatic rings. The van der Waals surface area contributed by atoms with Crippen LogP contribution < -0.4 is 14.5 Å². The maximum Gasteiger partial charge on any atom is 0.243 e. The van der Waals surface area contributed by atoms with Crippen molar-refractivity contribution in [2.24, 2.45) is 0 Å². The third-order valence-corrected chi connectivity index (χ3v) is 16.0. The van der Waals surface area contributed by atoms with E-state index in [2.05, 4.69) is 43.2 Å². The van der Waals surface area contributed by atoms with Crippen LogP contribution in [0.15, 0.2) is 122 Å². The molecule has 18 heteroatoms. The van der Waals surface area contributed by atoms with Crippen LogP contribution in [-0.2, 0) is 32.9 Å². The standard InChI is InChI=1S/C21H22FN3O3S2.C20H19BrFN3O2S2/c1-28-19-4-2-3-16(14-19)13-18-15-29-21(23-18)24-9-11-25(12-10-24)30(26,27)20-7-5-17(22)6-8-20;21-16-3-1-2-15(12-16)13-18-14-28-20(23-18)24-8-10-25(11-9-24)29(26,27)19-6-4-17(22)5-7-19/h2-8,14-15H,9-13H2,1H3;1-7,12,14H,8-11,13H2. The lowest BCUT2D eigenvalue weighted by molar-refractivity contribution is 0.384. The van der Waals surface area contributed by atoms with Crippen LogP contribution in [0, 0.1) is 11.6 Å². The molecule has 0 atom stereocenters. The molecule has 0 unspecified atom stereocenters. The molecule has 0 aliphatic carbocycles. The lowest BCUT2D eigenvalue weighted by atomic mass is 10.1. The van der Waals surface area contributed by atoms with E-state index in [1.54, 1.807) is 29.8 Å². The van der Waals surface area contributed by atoms with E-state index in [4.69, 9.17) is 14.7 Å². The van der Waals surface area contributed by atoms with E-state index in [1.165, 1.54) is 62.7 Å². The predicted molar refractivity (Wildman–Crippen MR) is 232 cm³/mol. The number of ether oxygens (including phenoxy) is 1. The van der Waals surface area contributed by atoms with Gasteiger partial charge in [-0.25, -0.2) is 35.6 Å². The number of hydrogen-bond donors (Lipinski definition) is 0. The Morgan fingerprint density at radius 2 is 1.03 bits per heavy atom. The highest BCUT2D eigenvalue weighted by Crippen LogP contribution is 2.28. The van der Waals surface area contributed by atoms with Crippen molar-refractivity contribution >= 4 is 68.9 Å². The number of halogens is 3. The molecule has 0 N–H and O–H groups in total. The van der Waals surface area contributed by atoms with Gasteiger partial charge in [-0.05, 0) is 83.9 Å². The zero-order valence-electron chi connectivity index (χ0n) is 32.0. The summed E-state index contributed by atoms with van der Waals surface area (Å²) in [5, 5.41) is 5.90. The summed E-state index contributed by atoms with van der Waals surface area (Å²) in [6.07, 6.45) is 1.47. The highest BCUT2D eigenvalue weighted by Gasteiger charge is 2.31. The van der Waals surface area contributed by atoms with E-state index in [0.29, 0.717) is 58.8 Å². The summed E-state index contributed by atoms with van der Waals surface area (Å²) in [6.45, 7) is 3.75. The molecule has 4 aromatic carbocycles. The number of benzene rings is 4.